The summed E-state index contributed by atoms with van der Waals surface area (Å²) in [6.07, 6.45) is 3.54. The van der Waals surface area contributed by atoms with Crippen molar-refractivity contribution in [2.75, 3.05) is 33.2 Å². The summed E-state index contributed by atoms with van der Waals surface area (Å²) in [6.45, 7) is 4.18. The normalized spacial score (nSPS) is 13.9. The van der Waals surface area contributed by atoms with Crippen LogP contribution >= 0.6 is 0 Å². The molecule has 8 nitrogen and oxygen atoms in total. The summed E-state index contributed by atoms with van der Waals surface area (Å²) in [4.78, 5) is 31.9. The summed E-state index contributed by atoms with van der Waals surface area (Å²) in [5, 5.41) is 9.82. The molecule has 3 rings (SSSR count). The molecular formula is C18H26FN5O3. The molecular weight excluding hydrogens is 353 g/mol. The van der Waals surface area contributed by atoms with Crippen molar-refractivity contribution in [2.45, 2.75) is 25.8 Å². The van der Waals surface area contributed by atoms with E-state index in [-0.39, 0.29) is 18.3 Å². The number of amides is 2. The summed E-state index contributed by atoms with van der Waals surface area (Å²) in [5.41, 5.74) is 1.34. The number of aromatic amines is 1. The van der Waals surface area contributed by atoms with E-state index in [1.807, 2.05) is 0 Å². The summed E-state index contributed by atoms with van der Waals surface area (Å²) < 4.78 is 13.2. The Morgan fingerprint density at radius 2 is 2.15 bits per heavy atom. The Kier molecular flexibility index (Phi) is 8.00. The van der Waals surface area contributed by atoms with Gasteiger partial charge in [-0.05, 0) is 57.1 Å². The van der Waals surface area contributed by atoms with Crippen LogP contribution in [-0.2, 0) is 11.3 Å². The van der Waals surface area contributed by atoms with Crippen LogP contribution in [0.15, 0.2) is 18.2 Å². The van der Waals surface area contributed by atoms with Gasteiger partial charge < -0.3 is 25.2 Å². The van der Waals surface area contributed by atoms with Gasteiger partial charge in [-0.3, -0.25) is 4.79 Å². The fraction of sp³-hybridized carbons (Fsp3) is 0.500. The van der Waals surface area contributed by atoms with E-state index >= 15 is 0 Å². The van der Waals surface area contributed by atoms with Crippen LogP contribution in [0.2, 0.25) is 0 Å². The minimum absolute atomic E-state index is 0.122. The number of imidazole rings is 1. The lowest BCUT2D eigenvalue weighted by Gasteiger charge is -2.18. The van der Waals surface area contributed by atoms with Gasteiger partial charge in [0.05, 0.1) is 17.6 Å². The van der Waals surface area contributed by atoms with Crippen LogP contribution in [0.3, 0.4) is 0 Å². The number of rotatable bonds is 6. The van der Waals surface area contributed by atoms with E-state index in [0.29, 0.717) is 29.9 Å². The summed E-state index contributed by atoms with van der Waals surface area (Å²) in [5.74, 6) is 0.340. The molecule has 148 valence electrons. The fourth-order valence-electron chi connectivity index (χ4n) is 3.05. The van der Waals surface area contributed by atoms with Gasteiger partial charge in [0.1, 0.15) is 11.6 Å². The number of carboxylic acid groups (broad SMARTS) is 1. The van der Waals surface area contributed by atoms with Crippen LogP contribution in [0.25, 0.3) is 11.0 Å². The van der Waals surface area contributed by atoms with Gasteiger partial charge in [0.25, 0.3) is 6.47 Å². The number of carbonyl (C=O) groups excluding carboxylic acids is 1. The molecule has 2 amide bonds. The summed E-state index contributed by atoms with van der Waals surface area (Å²) >= 11 is 0. The van der Waals surface area contributed by atoms with Gasteiger partial charge in [-0.1, -0.05) is 0 Å². The molecule has 1 saturated heterocycles. The molecule has 0 unspecified atom stereocenters. The monoisotopic (exact) mass is 379 g/mol. The van der Waals surface area contributed by atoms with E-state index in [1.54, 1.807) is 18.0 Å². The van der Waals surface area contributed by atoms with Gasteiger partial charge in [-0.15, -0.1) is 0 Å². The van der Waals surface area contributed by atoms with Crippen molar-refractivity contribution in [2.24, 2.45) is 0 Å². The first-order valence-corrected chi connectivity index (χ1v) is 8.97. The van der Waals surface area contributed by atoms with E-state index in [4.69, 9.17) is 9.90 Å². The van der Waals surface area contributed by atoms with Crippen molar-refractivity contribution in [1.82, 2.24) is 25.1 Å². The van der Waals surface area contributed by atoms with Crippen LogP contribution in [0, 0.1) is 5.82 Å². The number of nitrogens with zero attached hydrogens (tertiary/aromatic N) is 3. The van der Waals surface area contributed by atoms with Gasteiger partial charge in [0.15, 0.2) is 0 Å². The standard InChI is InChI=1S/C17H24FN5O.CH2O2/c1-22(17(24)19-7-4-10-23-8-2-3-9-23)12-16-20-14-6-5-13(18)11-15(14)21-16;2-1-3/h5-6,11H,2-4,7-10,12H2,1H3,(H,19,24)(H,20,21);1H,(H,2,3). The van der Waals surface area contributed by atoms with Gasteiger partial charge >= 0.3 is 6.03 Å². The zero-order valence-corrected chi connectivity index (χ0v) is 15.4. The second kappa shape index (κ2) is 10.5. The average Bonchev–Trinajstić information content (AvgIpc) is 3.28. The van der Waals surface area contributed by atoms with Crippen LogP contribution in [0.1, 0.15) is 25.1 Å². The van der Waals surface area contributed by atoms with E-state index in [0.717, 1.165) is 13.0 Å². The molecule has 0 spiro atoms. The van der Waals surface area contributed by atoms with Gasteiger partial charge in [0.2, 0.25) is 0 Å². The maximum atomic E-state index is 13.2. The number of benzene rings is 1. The smallest absolute Gasteiger partial charge is 0.317 e. The third-order valence-corrected chi connectivity index (χ3v) is 4.35. The molecule has 3 N–H and O–H groups in total. The minimum atomic E-state index is -0.304. The number of aromatic nitrogens is 2. The maximum Gasteiger partial charge on any atom is 0.317 e. The first-order valence-electron chi connectivity index (χ1n) is 8.97. The third-order valence-electron chi connectivity index (χ3n) is 4.35. The molecule has 1 aliphatic heterocycles. The Labute approximate surface area is 157 Å². The van der Waals surface area contributed by atoms with Crippen molar-refractivity contribution >= 4 is 23.5 Å². The summed E-state index contributed by atoms with van der Waals surface area (Å²) in [6, 6.07) is 4.29. The van der Waals surface area contributed by atoms with Crippen molar-refractivity contribution in [3.8, 4) is 0 Å². The topological polar surface area (TPSA) is 102 Å². The van der Waals surface area contributed by atoms with E-state index in [1.165, 1.54) is 38.1 Å². The van der Waals surface area contributed by atoms with Crippen LogP contribution in [-0.4, -0.2) is 70.6 Å². The number of likely N-dealkylation sites (tertiary alicyclic amines) is 1. The molecule has 0 bridgehead atoms. The lowest BCUT2D eigenvalue weighted by Crippen LogP contribution is -2.38. The van der Waals surface area contributed by atoms with Crippen LogP contribution < -0.4 is 5.32 Å². The van der Waals surface area contributed by atoms with E-state index < -0.39 is 0 Å². The molecule has 0 aliphatic carbocycles. The Morgan fingerprint density at radius 1 is 1.44 bits per heavy atom. The van der Waals surface area contributed by atoms with Gasteiger partial charge in [0, 0.05) is 13.6 Å². The largest absolute Gasteiger partial charge is 0.483 e. The van der Waals surface area contributed by atoms with E-state index in [9.17, 15) is 9.18 Å². The molecule has 1 aliphatic rings. The second-order valence-corrected chi connectivity index (χ2v) is 6.44. The van der Waals surface area contributed by atoms with Crippen LogP contribution in [0.4, 0.5) is 9.18 Å². The van der Waals surface area contributed by atoms with Crippen molar-refractivity contribution in [1.29, 1.82) is 0 Å². The number of fused-ring (bicyclic) bond motifs is 1. The molecule has 1 aromatic carbocycles. The Balaban J connectivity index is 0.000000817. The molecule has 1 fully saturated rings. The molecule has 0 saturated carbocycles. The van der Waals surface area contributed by atoms with Crippen molar-refractivity contribution < 1.29 is 19.1 Å². The van der Waals surface area contributed by atoms with Crippen LogP contribution in [0.5, 0.6) is 0 Å². The third kappa shape index (κ3) is 6.52. The molecule has 27 heavy (non-hydrogen) atoms. The SMILES string of the molecule is CN(Cc1nc2ccc(F)cc2[nH]1)C(=O)NCCCN1CCCC1.O=CO. The van der Waals surface area contributed by atoms with Crippen molar-refractivity contribution in [3.05, 3.63) is 29.8 Å². The Morgan fingerprint density at radius 3 is 2.85 bits per heavy atom. The van der Waals surface area contributed by atoms with Gasteiger partial charge in [-0.2, -0.15) is 0 Å². The quantitative estimate of drug-likeness (QED) is 0.527. The second-order valence-electron chi connectivity index (χ2n) is 6.44. The highest BCUT2D eigenvalue weighted by Gasteiger charge is 2.13. The number of nitrogens with one attached hydrogen (secondary N) is 2. The number of carbonyl (C=O) groups is 2. The molecule has 2 heterocycles. The zero-order chi connectivity index (χ0) is 19.6. The number of urea groups is 1. The first kappa shape index (κ1) is 20.6. The highest BCUT2D eigenvalue weighted by atomic mass is 19.1. The highest BCUT2D eigenvalue weighted by Crippen LogP contribution is 2.13. The van der Waals surface area contributed by atoms with Crippen molar-refractivity contribution in [3.63, 3.8) is 0 Å². The lowest BCUT2D eigenvalue weighted by atomic mass is 10.3. The molecule has 9 heteroatoms. The molecule has 0 radical (unpaired) electrons. The average molecular weight is 379 g/mol. The predicted octanol–water partition coefficient (Wildman–Crippen LogP) is 2.03. The Hall–Kier alpha value is -2.68. The summed E-state index contributed by atoms with van der Waals surface area (Å²) in [7, 11) is 1.73. The fourth-order valence-corrected chi connectivity index (χ4v) is 3.05. The number of hydrogen-bond acceptors (Lipinski definition) is 4. The highest BCUT2D eigenvalue weighted by molar-refractivity contribution is 5.76. The van der Waals surface area contributed by atoms with E-state index in [2.05, 4.69) is 20.2 Å². The first-order chi connectivity index (χ1) is 13.0. The van der Waals surface area contributed by atoms with Gasteiger partial charge in [-0.25, -0.2) is 14.2 Å². The molecule has 0 atom stereocenters. The molecule has 2 aromatic rings. The lowest BCUT2D eigenvalue weighted by molar-refractivity contribution is -0.122. The Bertz CT molecular complexity index is 746. The number of hydrogen-bond donors (Lipinski definition) is 3. The number of halogens is 1. The zero-order valence-electron chi connectivity index (χ0n) is 15.4. The minimum Gasteiger partial charge on any atom is -0.483 e. The maximum absolute atomic E-state index is 13.2. The number of H-pyrrole nitrogens is 1. The predicted molar refractivity (Wildman–Crippen MR) is 99.9 cm³/mol. The molecule has 1 aromatic heterocycles.